The second-order valence-electron chi connectivity index (χ2n) is 3.37. The first kappa shape index (κ1) is 13.7. The molecule has 0 aliphatic rings. The Bertz CT molecular complexity index is 262. The van der Waals surface area contributed by atoms with E-state index in [0.717, 1.165) is 0 Å². The maximum atomic E-state index is 11.7. The van der Waals surface area contributed by atoms with Crippen molar-refractivity contribution in [1.82, 2.24) is 10.2 Å². The van der Waals surface area contributed by atoms with Crippen molar-refractivity contribution in [1.29, 1.82) is 0 Å². The molecule has 0 saturated heterocycles. The van der Waals surface area contributed by atoms with Crippen LogP contribution >= 0.6 is 0 Å². The Labute approximate surface area is 91.6 Å². The van der Waals surface area contributed by atoms with Crippen molar-refractivity contribution in [2.75, 3.05) is 34.8 Å². The molecule has 0 spiro atoms. The van der Waals surface area contributed by atoms with Crippen molar-refractivity contribution < 1.29 is 9.53 Å². The van der Waals surface area contributed by atoms with Gasteiger partial charge in [0.25, 0.3) is 0 Å². The molecule has 4 heteroatoms. The number of likely N-dealkylation sites (N-methyl/N-ethyl adjacent to an activating group) is 1. The number of allylic oxidation sites excluding steroid dienone is 2. The van der Waals surface area contributed by atoms with Gasteiger partial charge in [-0.2, -0.15) is 0 Å². The van der Waals surface area contributed by atoms with Gasteiger partial charge in [0.1, 0.15) is 0 Å². The largest absolute Gasteiger partial charge is 0.483 e. The molecule has 1 N–H and O–H groups in total. The van der Waals surface area contributed by atoms with Gasteiger partial charge in [0.05, 0.1) is 13.7 Å². The van der Waals surface area contributed by atoms with Crippen molar-refractivity contribution in [3.8, 4) is 0 Å². The lowest BCUT2D eigenvalue weighted by atomic mass is 10.1. The highest BCUT2D eigenvalue weighted by Crippen LogP contribution is 2.03. The maximum absolute atomic E-state index is 11.7. The minimum Gasteiger partial charge on any atom is -0.483 e. The molecule has 0 aromatic heterocycles. The fourth-order valence-electron chi connectivity index (χ4n) is 1.08. The number of ketones is 1. The molecule has 0 rings (SSSR count). The summed E-state index contributed by atoms with van der Waals surface area (Å²) in [6, 6.07) is 0. The smallest absolute Gasteiger partial charge is 0.186 e. The van der Waals surface area contributed by atoms with Crippen LogP contribution in [0.15, 0.2) is 23.6 Å². The van der Waals surface area contributed by atoms with Gasteiger partial charge in [-0.05, 0) is 21.0 Å². The van der Waals surface area contributed by atoms with E-state index in [1.54, 1.807) is 26.3 Å². The Morgan fingerprint density at radius 3 is 2.40 bits per heavy atom. The Hall–Kier alpha value is -1.29. The number of rotatable bonds is 6. The van der Waals surface area contributed by atoms with Gasteiger partial charge >= 0.3 is 0 Å². The number of hydrogen-bond donors (Lipinski definition) is 1. The van der Waals surface area contributed by atoms with Crippen molar-refractivity contribution in [2.45, 2.75) is 6.92 Å². The Morgan fingerprint density at radius 1 is 1.47 bits per heavy atom. The molecule has 0 atom stereocenters. The third-order valence-electron chi connectivity index (χ3n) is 1.85. The molecular weight excluding hydrogens is 192 g/mol. The van der Waals surface area contributed by atoms with Gasteiger partial charge in [-0.1, -0.05) is 6.08 Å². The van der Waals surface area contributed by atoms with Gasteiger partial charge in [0.15, 0.2) is 11.7 Å². The Morgan fingerprint density at radius 2 is 2.07 bits per heavy atom. The summed E-state index contributed by atoms with van der Waals surface area (Å²) in [4.78, 5) is 13.6. The molecule has 0 aliphatic carbocycles. The quantitative estimate of drug-likeness (QED) is 0.401. The molecule has 0 bridgehead atoms. The number of hydrogen-bond acceptors (Lipinski definition) is 4. The first-order valence-corrected chi connectivity index (χ1v) is 4.82. The number of methoxy groups -OCH3 is 1. The summed E-state index contributed by atoms with van der Waals surface area (Å²) in [5.41, 5.74) is 0.648. The molecule has 0 fully saturated rings. The third-order valence-corrected chi connectivity index (χ3v) is 1.85. The van der Waals surface area contributed by atoms with Crippen LogP contribution in [0.5, 0.6) is 0 Å². The average molecular weight is 212 g/mol. The molecule has 0 heterocycles. The van der Waals surface area contributed by atoms with E-state index in [0.29, 0.717) is 18.0 Å². The lowest BCUT2D eigenvalue weighted by molar-refractivity contribution is -0.115. The summed E-state index contributed by atoms with van der Waals surface area (Å²) in [7, 11) is 7.04. The molecule has 0 unspecified atom stereocenters. The van der Waals surface area contributed by atoms with Gasteiger partial charge in [0, 0.05) is 18.7 Å². The topological polar surface area (TPSA) is 41.6 Å². The number of carbonyl (C=O) groups is 1. The van der Waals surface area contributed by atoms with Crippen LogP contribution in [0, 0.1) is 0 Å². The highest BCUT2D eigenvalue weighted by molar-refractivity contribution is 5.99. The van der Waals surface area contributed by atoms with Crippen molar-refractivity contribution in [3.05, 3.63) is 23.6 Å². The fraction of sp³-hybridized carbons (Fsp3) is 0.545. The van der Waals surface area contributed by atoms with E-state index in [2.05, 4.69) is 5.32 Å². The van der Waals surface area contributed by atoms with E-state index < -0.39 is 0 Å². The molecule has 0 radical (unpaired) electrons. The third kappa shape index (κ3) is 5.22. The molecule has 0 aromatic rings. The van der Waals surface area contributed by atoms with Crippen LogP contribution in [-0.4, -0.2) is 45.5 Å². The standard InChI is InChI=1S/C11H20N2O2/c1-6-9(7-11(12-2)15-5)10(14)8-13(3)4/h6-7,12H,8H2,1-5H3/b9-6+,11-7+. The molecule has 0 saturated carbocycles. The van der Waals surface area contributed by atoms with Crippen LogP contribution in [0.4, 0.5) is 0 Å². The van der Waals surface area contributed by atoms with Gasteiger partial charge in [-0.15, -0.1) is 0 Å². The molecule has 0 aliphatic heterocycles. The zero-order valence-corrected chi connectivity index (χ0v) is 10.1. The van der Waals surface area contributed by atoms with Crippen LogP contribution in [-0.2, 0) is 9.53 Å². The molecule has 0 amide bonds. The first-order chi connectivity index (χ1) is 7.04. The second-order valence-corrected chi connectivity index (χ2v) is 3.37. The first-order valence-electron chi connectivity index (χ1n) is 4.82. The van der Waals surface area contributed by atoms with E-state index in [1.807, 2.05) is 25.9 Å². The number of nitrogens with zero attached hydrogens (tertiary/aromatic N) is 1. The van der Waals surface area contributed by atoms with Crippen LogP contribution < -0.4 is 5.32 Å². The molecular formula is C11H20N2O2. The lowest BCUT2D eigenvalue weighted by Gasteiger charge is -2.10. The minimum absolute atomic E-state index is 0.0762. The summed E-state index contributed by atoms with van der Waals surface area (Å²) in [5, 5.41) is 2.86. The summed E-state index contributed by atoms with van der Waals surface area (Å²) in [5.74, 6) is 0.655. The predicted molar refractivity (Wildman–Crippen MR) is 61.5 cm³/mol. The SMILES string of the molecule is C/C=C(\C=C(/NC)OC)C(=O)CN(C)C. The van der Waals surface area contributed by atoms with Crippen molar-refractivity contribution in [3.63, 3.8) is 0 Å². The van der Waals surface area contributed by atoms with Crippen LogP contribution in [0.1, 0.15) is 6.92 Å². The summed E-state index contributed by atoms with van der Waals surface area (Å²) in [6.07, 6.45) is 3.48. The minimum atomic E-state index is 0.0762. The van der Waals surface area contributed by atoms with Crippen LogP contribution in [0.25, 0.3) is 0 Å². The van der Waals surface area contributed by atoms with Crippen LogP contribution in [0.3, 0.4) is 0 Å². The van der Waals surface area contributed by atoms with Gasteiger partial charge in [-0.3, -0.25) is 4.79 Å². The summed E-state index contributed by atoms with van der Waals surface area (Å²) >= 11 is 0. The Balaban J connectivity index is 4.64. The van der Waals surface area contributed by atoms with Gasteiger partial charge < -0.3 is 15.0 Å². The number of nitrogens with one attached hydrogen (secondary N) is 1. The summed E-state index contributed by atoms with van der Waals surface area (Å²) in [6.45, 7) is 2.24. The highest BCUT2D eigenvalue weighted by atomic mass is 16.5. The monoisotopic (exact) mass is 212 g/mol. The van der Waals surface area contributed by atoms with E-state index in [-0.39, 0.29) is 5.78 Å². The second kappa shape index (κ2) is 7.06. The maximum Gasteiger partial charge on any atom is 0.186 e. The van der Waals surface area contributed by atoms with Crippen molar-refractivity contribution >= 4 is 5.78 Å². The van der Waals surface area contributed by atoms with Gasteiger partial charge in [-0.25, -0.2) is 0 Å². The number of Topliss-reactive ketones (excluding diaryl/α,β-unsaturated/α-hetero) is 1. The van der Waals surface area contributed by atoms with E-state index in [4.69, 9.17) is 4.74 Å². The number of ether oxygens (including phenoxy) is 1. The Kier molecular flexibility index (Phi) is 6.45. The fourth-order valence-corrected chi connectivity index (χ4v) is 1.08. The van der Waals surface area contributed by atoms with E-state index >= 15 is 0 Å². The van der Waals surface area contributed by atoms with E-state index in [9.17, 15) is 4.79 Å². The molecule has 4 nitrogen and oxygen atoms in total. The number of carbonyl (C=O) groups excluding carboxylic acids is 1. The molecule has 15 heavy (non-hydrogen) atoms. The van der Waals surface area contributed by atoms with Crippen LogP contribution in [0.2, 0.25) is 0 Å². The zero-order valence-electron chi connectivity index (χ0n) is 10.1. The zero-order chi connectivity index (χ0) is 11.8. The lowest BCUT2D eigenvalue weighted by Crippen LogP contribution is -2.23. The highest BCUT2D eigenvalue weighted by Gasteiger charge is 2.08. The van der Waals surface area contributed by atoms with E-state index in [1.165, 1.54) is 0 Å². The average Bonchev–Trinajstić information content (AvgIpc) is 2.18. The summed E-state index contributed by atoms with van der Waals surface area (Å²) < 4.78 is 5.03. The van der Waals surface area contributed by atoms with Crippen molar-refractivity contribution in [2.24, 2.45) is 0 Å². The molecule has 0 aromatic carbocycles. The normalized spacial score (nSPS) is 12.9. The van der Waals surface area contributed by atoms with Gasteiger partial charge in [0.2, 0.25) is 0 Å². The predicted octanol–water partition coefficient (Wildman–Crippen LogP) is 0.771. The molecule has 86 valence electrons.